The quantitative estimate of drug-likeness (QED) is 0.733. The van der Waals surface area contributed by atoms with Crippen molar-refractivity contribution in [1.82, 2.24) is 4.90 Å². The molecular formula is C9H15NO4. The highest BCUT2D eigenvalue weighted by molar-refractivity contribution is 5.76. The number of carbonyl (C=O) groups excluding carboxylic acids is 1. The highest BCUT2D eigenvalue weighted by Crippen LogP contribution is 2.16. The second kappa shape index (κ2) is 4.30. The maximum Gasteiger partial charge on any atom is 0.409 e. The molecule has 0 atom stereocenters. The molecule has 1 aliphatic heterocycles. The third-order valence-corrected chi connectivity index (χ3v) is 2.03. The summed E-state index contributed by atoms with van der Waals surface area (Å²) >= 11 is 0. The first kappa shape index (κ1) is 10.8. The van der Waals surface area contributed by atoms with E-state index < -0.39 is 18.0 Å². The number of carboxylic acid groups (broad SMARTS) is 1. The van der Waals surface area contributed by atoms with Crippen molar-refractivity contribution in [3.63, 3.8) is 0 Å². The Morgan fingerprint density at radius 2 is 2.07 bits per heavy atom. The molecule has 0 saturated carbocycles. The van der Waals surface area contributed by atoms with Crippen LogP contribution in [-0.4, -0.2) is 41.8 Å². The molecule has 0 bridgehead atoms. The fraction of sp³-hybridized carbons (Fsp3) is 0.778. The second-order valence-electron chi connectivity index (χ2n) is 3.91. The second-order valence-corrected chi connectivity index (χ2v) is 3.91. The van der Waals surface area contributed by atoms with Crippen LogP contribution in [0.25, 0.3) is 0 Å². The summed E-state index contributed by atoms with van der Waals surface area (Å²) in [6, 6.07) is 0. The summed E-state index contributed by atoms with van der Waals surface area (Å²) in [5, 5.41) is 8.57. The number of carboxylic acids is 1. The molecule has 0 radical (unpaired) electrons. The zero-order valence-corrected chi connectivity index (χ0v) is 8.40. The molecule has 0 aromatic rings. The summed E-state index contributed by atoms with van der Waals surface area (Å²) in [4.78, 5) is 23.0. The van der Waals surface area contributed by atoms with Crippen LogP contribution in [0.5, 0.6) is 0 Å². The molecule has 0 spiro atoms. The molecule has 0 aliphatic carbocycles. The lowest BCUT2D eigenvalue weighted by atomic mass is 10.0. The topological polar surface area (TPSA) is 66.8 Å². The van der Waals surface area contributed by atoms with Crippen LogP contribution >= 0.6 is 0 Å². The minimum absolute atomic E-state index is 0.270. The third kappa shape index (κ3) is 2.61. The van der Waals surface area contributed by atoms with Crippen LogP contribution in [-0.2, 0) is 9.53 Å². The van der Waals surface area contributed by atoms with Crippen LogP contribution in [0.4, 0.5) is 4.79 Å². The number of hydrogen-bond acceptors (Lipinski definition) is 3. The van der Waals surface area contributed by atoms with Crippen molar-refractivity contribution in [3.8, 4) is 0 Å². The molecular weight excluding hydrogens is 186 g/mol. The van der Waals surface area contributed by atoms with Gasteiger partial charge in [0.25, 0.3) is 0 Å². The predicted octanol–water partition coefficient (Wildman–Crippen LogP) is 0.795. The van der Waals surface area contributed by atoms with Gasteiger partial charge in [-0.3, -0.25) is 4.79 Å². The first-order chi connectivity index (χ1) is 6.50. The van der Waals surface area contributed by atoms with E-state index in [0.29, 0.717) is 12.5 Å². The Morgan fingerprint density at radius 3 is 2.50 bits per heavy atom. The van der Waals surface area contributed by atoms with Gasteiger partial charge in [-0.2, -0.15) is 0 Å². The van der Waals surface area contributed by atoms with E-state index in [1.807, 2.05) is 13.8 Å². The van der Waals surface area contributed by atoms with E-state index in [9.17, 15) is 9.59 Å². The lowest BCUT2D eigenvalue weighted by Gasteiger charge is -2.35. The highest BCUT2D eigenvalue weighted by atomic mass is 16.6. The molecule has 14 heavy (non-hydrogen) atoms. The van der Waals surface area contributed by atoms with Crippen LogP contribution in [0.1, 0.15) is 13.8 Å². The van der Waals surface area contributed by atoms with Gasteiger partial charge in [0.2, 0.25) is 0 Å². The fourth-order valence-corrected chi connectivity index (χ4v) is 1.11. The summed E-state index contributed by atoms with van der Waals surface area (Å²) in [6.07, 6.45) is -0.406. The Morgan fingerprint density at radius 1 is 1.50 bits per heavy atom. The van der Waals surface area contributed by atoms with Crippen molar-refractivity contribution < 1.29 is 19.4 Å². The Balaban J connectivity index is 2.19. The lowest BCUT2D eigenvalue weighted by Crippen LogP contribution is -2.53. The highest BCUT2D eigenvalue weighted by Gasteiger charge is 2.36. The smallest absolute Gasteiger partial charge is 0.409 e. The van der Waals surface area contributed by atoms with Gasteiger partial charge < -0.3 is 14.7 Å². The average molecular weight is 201 g/mol. The van der Waals surface area contributed by atoms with E-state index in [1.165, 1.54) is 4.90 Å². The van der Waals surface area contributed by atoms with Crippen molar-refractivity contribution in [1.29, 1.82) is 0 Å². The van der Waals surface area contributed by atoms with Crippen LogP contribution in [0.3, 0.4) is 0 Å². The zero-order chi connectivity index (χ0) is 10.7. The normalized spacial score (nSPS) is 16.6. The maximum atomic E-state index is 11.2. The number of hydrogen-bond donors (Lipinski definition) is 1. The first-order valence-electron chi connectivity index (χ1n) is 4.65. The van der Waals surface area contributed by atoms with E-state index in [2.05, 4.69) is 0 Å². The Bertz CT molecular complexity index is 233. The molecule has 0 aromatic heterocycles. The molecule has 1 amide bonds. The number of rotatable bonds is 3. The van der Waals surface area contributed by atoms with Gasteiger partial charge in [-0.25, -0.2) is 4.79 Å². The van der Waals surface area contributed by atoms with Gasteiger partial charge in [-0.1, -0.05) is 13.8 Å². The first-order valence-corrected chi connectivity index (χ1v) is 4.65. The molecule has 5 heteroatoms. The SMILES string of the molecule is CC(C)COC(=O)N1CC(C(=O)O)C1. The number of carbonyl (C=O) groups is 2. The van der Waals surface area contributed by atoms with E-state index in [1.54, 1.807) is 0 Å². The molecule has 1 aliphatic rings. The number of likely N-dealkylation sites (tertiary alicyclic amines) is 1. The van der Waals surface area contributed by atoms with Gasteiger partial charge >= 0.3 is 12.1 Å². The summed E-state index contributed by atoms with van der Waals surface area (Å²) in [6.45, 7) is 4.82. The van der Waals surface area contributed by atoms with E-state index in [0.717, 1.165) is 0 Å². The van der Waals surface area contributed by atoms with E-state index >= 15 is 0 Å². The van der Waals surface area contributed by atoms with Gasteiger partial charge in [0, 0.05) is 13.1 Å². The van der Waals surface area contributed by atoms with E-state index in [4.69, 9.17) is 9.84 Å². The third-order valence-electron chi connectivity index (χ3n) is 2.03. The van der Waals surface area contributed by atoms with Crippen molar-refractivity contribution >= 4 is 12.1 Å². The molecule has 1 saturated heterocycles. The van der Waals surface area contributed by atoms with Crippen molar-refractivity contribution in [2.45, 2.75) is 13.8 Å². The van der Waals surface area contributed by atoms with E-state index in [-0.39, 0.29) is 13.1 Å². The monoisotopic (exact) mass is 201 g/mol. The molecule has 1 rings (SSSR count). The number of ether oxygens (including phenoxy) is 1. The standard InChI is InChI=1S/C9H15NO4/c1-6(2)5-14-9(13)10-3-7(4-10)8(11)12/h6-7H,3-5H2,1-2H3,(H,11,12). The van der Waals surface area contributed by atoms with Crippen LogP contribution in [0.2, 0.25) is 0 Å². The Hall–Kier alpha value is -1.26. The summed E-state index contributed by atoms with van der Waals surface area (Å²) in [7, 11) is 0. The molecule has 1 fully saturated rings. The number of aliphatic carboxylic acids is 1. The minimum Gasteiger partial charge on any atom is -0.481 e. The Kier molecular flexibility index (Phi) is 3.33. The predicted molar refractivity (Wildman–Crippen MR) is 48.9 cm³/mol. The van der Waals surface area contributed by atoms with Gasteiger partial charge in [0.1, 0.15) is 0 Å². The molecule has 5 nitrogen and oxygen atoms in total. The molecule has 0 unspecified atom stereocenters. The maximum absolute atomic E-state index is 11.2. The summed E-state index contributed by atoms with van der Waals surface area (Å²) < 4.78 is 4.93. The van der Waals surface area contributed by atoms with Crippen molar-refractivity contribution in [3.05, 3.63) is 0 Å². The van der Waals surface area contributed by atoms with Crippen LogP contribution in [0.15, 0.2) is 0 Å². The van der Waals surface area contributed by atoms with Gasteiger partial charge in [0.15, 0.2) is 0 Å². The molecule has 1 N–H and O–H groups in total. The van der Waals surface area contributed by atoms with Gasteiger partial charge in [0.05, 0.1) is 12.5 Å². The molecule has 0 aromatic carbocycles. The van der Waals surface area contributed by atoms with Crippen LogP contribution in [0, 0.1) is 11.8 Å². The average Bonchev–Trinajstić information content (AvgIpc) is 1.97. The summed E-state index contributed by atoms with van der Waals surface area (Å²) in [5.74, 6) is -0.963. The molecule has 1 heterocycles. The fourth-order valence-electron chi connectivity index (χ4n) is 1.11. The zero-order valence-electron chi connectivity index (χ0n) is 8.40. The van der Waals surface area contributed by atoms with Crippen molar-refractivity contribution in [2.75, 3.05) is 19.7 Å². The Labute approximate surface area is 82.6 Å². The van der Waals surface area contributed by atoms with Gasteiger partial charge in [-0.15, -0.1) is 0 Å². The van der Waals surface area contributed by atoms with Crippen molar-refractivity contribution in [2.24, 2.45) is 11.8 Å². The summed E-state index contributed by atoms with van der Waals surface area (Å²) in [5.41, 5.74) is 0. The van der Waals surface area contributed by atoms with Gasteiger partial charge in [-0.05, 0) is 5.92 Å². The number of amides is 1. The van der Waals surface area contributed by atoms with Crippen LogP contribution < -0.4 is 0 Å². The largest absolute Gasteiger partial charge is 0.481 e. The minimum atomic E-state index is -0.849. The number of nitrogens with zero attached hydrogens (tertiary/aromatic N) is 1. The lowest BCUT2D eigenvalue weighted by molar-refractivity contribution is -0.146. The molecule has 80 valence electrons.